The summed E-state index contributed by atoms with van der Waals surface area (Å²) in [7, 11) is 0. The number of hydrogen-bond donors (Lipinski definition) is 0. The number of anilines is 1. The molecular formula is C23H37N3O2. The van der Waals surface area contributed by atoms with Crippen LogP contribution >= 0.6 is 0 Å². The quantitative estimate of drug-likeness (QED) is 0.606. The summed E-state index contributed by atoms with van der Waals surface area (Å²) in [6, 6.07) is 8.69. The van der Waals surface area contributed by atoms with E-state index in [-0.39, 0.29) is 5.91 Å². The SMILES string of the molecule is CCC[C@H]1CC(=O)N(c2ccc(OCCCN3CCN(C(C)C)CC3)cc2)C1. The number of piperazine rings is 1. The molecule has 5 heteroatoms. The maximum Gasteiger partial charge on any atom is 0.227 e. The highest BCUT2D eigenvalue weighted by Gasteiger charge is 2.29. The standard InChI is InChI=1S/C23H37N3O2/c1-4-6-20-17-23(27)26(18-20)21-7-9-22(10-8-21)28-16-5-11-24-12-14-25(15-13-24)19(2)3/h7-10,19-20H,4-6,11-18H2,1-3H3/t20-/m0/s1. The van der Waals surface area contributed by atoms with Crippen LogP contribution in [0.25, 0.3) is 0 Å². The summed E-state index contributed by atoms with van der Waals surface area (Å²) in [5, 5.41) is 0. The molecule has 2 fully saturated rings. The molecule has 1 aromatic rings. The van der Waals surface area contributed by atoms with Crippen molar-refractivity contribution in [1.29, 1.82) is 0 Å². The zero-order valence-electron chi connectivity index (χ0n) is 17.9. The molecule has 3 rings (SSSR count). The fraction of sp³-hybridized carbons (Fsp3) is 0.696. The molecule has 5 nitrogen and oxygen atoms in total. The Morgan fingerprint density at radius 2 is 1.82 bits per heavy atom. The Balaban J connectivity index is 1.37. The summed E-state index contributed by atoms with van der Waals surface area (Å²) in [6.07, 6.45) is 4.02. The third kappa shape index (κ3) is 5.71. The van der Waals surface area contributed by atoms with Crippen molar-refractivity contribution in [3.63, 3.8) is 0 Å². The Labute approximate surface area is 170 Å². The molecule has 0 radical (unpaired) electrons. The minimum absolute atomic E-state index is 0.254. The lowest BCUT2D eigenvalue weighted by atomic mass is 10.0. The molecule has 156 valence electrons. The average Bonchev–Trinajstić information content (AvgIpc) is 3.06. The third-order valence-corrected chi connectivity index (χ3v) is 6.08. The van der Waals surface area contributed by atoms with Crippen molar-refractivity contribution in [3.8, 4) is 5.75 Å². The predicted octanol–water partition coefficient (Wildman–Crippen LogP) is 3.63. The highest BCUT2D eigenvalue weighted by atomic mass is 16.5. The lowest BCUT2D eigenvalue weighted by Gasteiger charge is -2.36. The van der Waals surface area contributed by atoms with E-state index < -0.39 is 0 Å². The lowest BCUT2D eigenvalue weighted by Crippen LogP contribution is -2.49. The highest BCUT2D eigenvalue weighted by Crippen LogP contribution is 2.28. The van der Waals surface area contributed by atoms with E-state index in [4.69, 9.17) is 4.74 Å². The Morgan fingerprint density at radius 1 is 1.11 bits per heavy atom. The normalized spacial score (nSPS) is 21.6. The van der Waals surface area contributed by atoms with Crippen molar-refractivity contribution >= 4 is 11.6 Å². The van der Waals surface area contributed by atoms with Gasteiger partial charge in [-0.1, -0.05) is 13.3 Å². The van der Waals surface area contributed by atoms with Crippen LogP contribution in [0.15, 0.2) is 24.3 Å². The molecule has 1 amide bonds. The van der Waals surface area contributed by atoms with E-state index in [1.807, 2.05) is 29.2 Å². The Kier molecular flexibility index (Phi) is 7.74. The van der Waals surface area contributed by atoms with Gasteiger partial charge in [0.1, 0.15) is 5.75 Å². The van der Waals surface area contributed by atoms with Gasteiger partial charge in [0, 0.05) is 57.4 Å². The second kappa shape index (κ2) is 10.3. The number of benzene rings is 1. The van der Waals surface area contributed by atoms with Crippen LogP contribution in [-0.4, -0.2) is 67.6 Å². The van der Waals surface area contributed by atoms with Gasteiger partial charge in [-0.25, -0.2) is 0 Å². The maximum absolute atomic E-state index is 12.3. The van der Waals surface area contributed by atoms with Crippen LogP contribution in [0.3, 0.4) is 0 Å². The number of carbonyl (C=O) groups excluding carboxylic acids is 1. The maximum atomic E-state index is 12.3. The molecule has 2 aliphatic rings. The van der Waals surface area contributed by atoms with Gasteiger partial charge in [-0.05, 0) is 56.9 Å². The first-order valence-electron chi connectivity index (χ1n) is 11.1. The molecular weight excluding hydrogens is 350 g/mol. The van der Waals surface area contributed by atoms with Crippen molar-refractivity contribution in [2.45, 2.75) is 52.5 Å². The van der Waals surface area contributed by atoms with E-state index in [2.05, 4.69) is 30.6 Å². The van der Waals surface area contributed by atoms with E-state index in [0.717, 1.165) is 63.5 Å². The molecule has 0 saturated carbocycles. The Hall–Kier alpha value is -1.59. The molecule has 0 aliphatic carbocycles. The van der Waals surface area contributed by atoms with Gasteiger partial charge in [-0.3, -0.25) is 9.69 Å². The van der Waals surface area contributed by atoms with Crippen LogP contribution in [0.2, 0.25) is 0 Å². The fourth-order valence-electron chi connectivity index (χ4n) is 4.34. The van der Waals surface area contributed by atoms with Crippen molar-refractivity contribution in [1.82, 2.24) is 9.80 Å². The number of hydrogen-bond acceptors (Lipinski definition) is 4. The number of ether oxygens (including phenoxy) is 1. The molecule has 0 unspecified atom stereocenters. The van der Waals surface area contributed by atoms with Gasteiger partial charge >= 0.3 is 0 Å². The van der Waals surface area contributed by atoms with Gasteiger partial charge in [0.05, 0.1) is 6.61 Å². The Morgan fingerprint density at radius 3 is 2.46 bits per heavy atom. The monoisotopic (exact) mass is 387 g/mol. The first kappa shape index (κ1) is 21.1. The minimum Gasteiger partial charge on any atom is -0.494 e. The number of carbonyl (C=O) groups is 1. The van der Waals surface area contributed by atoms with Crippen molar-refractivity contribution in [3.05, 3.63) is 24.3 Å². The minimum atomic E-state index is 0.254. The number of nitrogens with zero attached hydrogens (tertiary/aromatic N) is 3. The van der Waals surface area contributed by atoms with Gasteiger partial charge in [-0.2, -0.15) is 0 Å². The predicted molar refractivity (Wildman–Crippen MR) is 115 cm³/mol. The summed E-state index contributed by atoms with van der Waals surface area (Å²) < 4.78 is 5.92. The van der Waals surface area contributed by atoms with Crippen LogP contribution in [-0.2, 0) is 4.79 Å². The largest absolute Gasteiger partial charge is 0.494 e. The molecule has 2 heterocycles. The first-order valence-corrected chi connectivity index (χ1v) is 11.1. The summed E-state index contributed by atoms with van der Waals surface area (Å²) in [4.78, 5) is 19.3. The zero-order valence-corrected chi connectivity index (χ0v) is 17.9. The van der Waals surface area contributed by atoms with Crippen molar-refractivity contribution in [2.24, 2.45) is 5.92 Å². The zero-order chi connectivity index (χ0) is 19.9. The molecule has 0 spiro atoms. The molecule has 1 aromatic carbocycles. The summed E-state index contributed by atoms with van der Waals surface area (Å²) in [6.45, 7) is 14.1. The van der Waals surface area contributed by atoms with Gasteiger partial charge < -0.3 is 14.5 Å². The van der Waals surface area contributed by atoms with E-state index in [1.165, 1.54) is 13.1 Å². The van der Waals surface area contributed by atoms with E-state index in [1.54, 1.807) is 0 Å². The average molecular weight is 388 g/mol. The molecule has 0 bridgehead atoms. The lowest BCUT2D eigenvalue weighted by molar-refractivity contribution is -0.117. The Bertz CT molecular complexity index is 609. The molecule has 28 heavy (non-hydrogen) atoms. The first-order chi connectivity index (χ1) is 13.6. The molecule has 1 atom stereocenters. The third-order valence-electron chi connectivity index (χ3n) is 6.08. The van der Waals surface area contributed by atoms with Crippen LogP contribution in [0.5, 0.6) is 5.75 Å². The second-order valence-electron chi connectivity index (χ2n) is 8.53. The molecule has 2 aliphatic heterocycles. The second-order valence-corrected chi connectivity index (χ2v) is 8.53. The smallest absolute Gasteiger partial charge is 0.227 e. The topological polar surface area (TPSA) is 36.0 Å². The van der Waals surface area contributed by atoms with Gasteiger partial charge in [0.2, 0.25) is 5.91 Å². The van der Waals surface area contributed by atoms with Crippen LogP contribution in [0, 0.1) is 5.92 Å². The van der Waals surface area contributed by atoms with E-state index in [9.17, 15) is 4.79 Å². The van der Waals surface area contributed by atoms with Gasteiger partial charge in [0.25, 0.3) is 0 Å². The van der Waals surface area contributed by atoms with Gasteiger partial charge in [0.15, 0.2) is 0 Å². The highest BCUT2D eigenvalue weighted by molar-refractivity contribution is 5.95. The molecule has 2 saturated heterocycles. The fourth-order valence-corrected chi connectivity index (χ4v) is 4.34. The van der Waals surface area contributed by atoms with E-state index in [0.29, 0.717) is 18.4 Å². The number of amides is 1. The number of rotatable bonds is 9. The van der Waals surface area contributed by atoms with Crippen LogP contribution in [0.1, 0.15) is 46.5 Å². The van der Waals surface area contributed by atoms with Crippen LogP contribution < -0.4 is 9.64 Å². The van der Waals surface area contributed by atoms with Gasteiger partial charge in [-0.15, -0.1) is 0 Å². The van der Waals surface area contributed by atoms with Crippen molar-refractivity contribution < 1.29 is 9.53 Å². The van der Waals surface area contributed by atoms with E-state index >= 15 is 0 Å². The molecule has 0 N–H and O–H groups in total. The molecule has 0 aromatic heterocycles. The summed E-state index contributed by atoms with van der Waals surface area (Å²) in [5.74, 6) is 1.66. The van der Waals surface area contributed by atoms with Crippen LogP contribution in [0.4, 0.5) is 5.69 Å². The summed E-state index contributed by atoms with van der Waals surface area (Å²) >= 11 is 0. The van der Waals surface area contributed by atoms with Crippen molar-refractivity contribution in [2.75, 3.05) is 50.8 Å². The summed E-state index contributed by atoms with van der Waals surface area (Å²) in [5.41, 5.74) is 0.999.